The van der Waals surface area contributed by atoms with Gasteiger partial charge in [-0.15, -0.1) is 0 Å². The van der Waals surface area contributed by atoms with Crippen LogP contribution in [0, 0.1) is 0 Å². The number of furan rings is 1. The van der Waals surface area contributed by atoms with Crippen LogP contribution in [-0.4, -0.2) is 27.0 Å². The Hall–Kier alpha value is -2.84. The fraction of sp³-hybridized carbons (Fsp3) is 0.318. The number of nitrogens with one attached hydrogen (secondary N) is 2. The quantitative estimate of drug-likeness (QED) is 0.569. The number of carbonyl (C=O) groups is 1. The molecule has 1 aliphatic rings. The highest BCUT2D eigenvalue weighted by atomic mass is 32.2. The van der Waals surface area contributed by atoms with Gasteiger partial charge < -0.3 is 14.5 Å². The van der Waals surface area contributed by atoms with Crippen LogP contribution in [0.4, 0.5) is 0 Å². The molecule has 3 aromatic rings. The Kier molecular flexibility index (Phi) is 5.53. The molecule has 1 saturated carbocycles. The average molecular weight is 429 g/mol. The molecule has 1 unspecified atom stereocenters. The number of amides is 1. The summed E-state index contributed by atoms with van der Waals surface area (Å²) in [7, 11) is -3.54. The first kappa shape index (κ1) is 20.4. The van der Waals surface area contributed by atoms with Gasteiger partial charge in [0.15, 0.2) is 11.3 Å². The standard InChI is InChI=1S/C22H24N2O5S/c1-3-28-19-6-4-5-16-13-20(29-21(16)19)14(2)23-22(25)15-7-11-18(12-8-15)30(26,27)24-17-9-10-17/h4-8,11-14,17,24H,3,9-10H2,1-2H3,(H,23,25). The van der Waals surface area contributed by atoms with Crippen LogP contribution in [0.2, 0.25) is 0 Å². The first-order valence-electron chi connectivity index (χ1n) is 9.96. The van der Waals surface area contributed by atoms with Crippen molar-refractivity contribution in [1.29, 1.82) is 0 Å². The van der Waals surface area contributed by atoms with E-state index in [0.29, 0.717) is 29.3 Å². The summed E-state index contributed by atoms with van der Waals surface area (Å²) in [5, 5.41) is 3.78. The molecule has 1 fully saturated rings. The maximum absolute atomic E-state index is 12.6. The molecule has 0 radical (unpaired) electrons. The van der Waals surface area contributed by atoms with Gasteiger partial charge in [-0.1, -0.05) is 12.1 Å². The molecule has 1 heterocycles. The van der Waals surface area contributed by atoms with Crippen molar-refractivity contribution in [3.05, 3.63) is 59.9 Å². The number of benzene rings is 2. The predicted octanol–water partition coefficient (Wildman–Crippen LogP) is 3.76. The van der Waals surface area contributed by atoms with Crippen LogP contribution in [0.1, 0.15) is 48.8 Å². The fourth-order valence-corrected chi connectivity index (χ4v) is 4.47. The Morgan fingerprint density at radius 1 is 1.20 bits per heavy atom. The number of rotatable bonds is 8. The monoisotopic (exact) mass is 428 g/mol. The van der Waals surface area contributed by atoms with E-state index in [2.05, 4.69) is 10.0 Å². The highest BCUT2D eigenvalue weighted by Gasteiger charge is 2.28. The second-order valence-electron chi connectivity index (χ2n) is 7.37. The first-order chi connectivity index (χ1) is 14.4. The molecular weight excluding hydrogens is 404 g/mol. The molecule has 158 valence electrons. The Labute approximate surface area is 175 Å². The predicted molar refractivity (Wildman–Crippen MR) is 113 cm³/mol. The summed E-state index contributed by atoms with van der Waals surface area (Å²) >= 11 is 0. The van der Waals surface area contributed by atoms with E-state index >= 15 is 0 Å². The highest BCUT2D eigenvalue weighted by molar-refractivity contribution is 7.89. The van der Waals surface area contributed by atoms with E-state index in [-0.39, 0.29) is 22.9 Å². The Morgan fingerprint density at radius 3 is 2.60 bits per heavy atom. The van der Waals surface area contributed by atoms with Crippen molar-refractivity contribution in [2.75, 3.05) is 6.61 Å². The molecule has 0 spiro atoms. The molecule has 30 heavy (non-hydrogen) atoms. The molecule has 0 saturated heterocycles. The molecule has 0 bridgehead atoms. The first-order valence-corrected chi connectivity index (χ1v) is 11.4. The van der Waals surface area contributed by atoms with Crippen molar-refractivity contribution in [1.82, 2.24) is 10.0 Å². The van der Waals surface area contributed by atoms with Crippen molar-refractivity contribution in [2.24, 2.45) is 0 Å². The number of fused-ring (bicyclic) bond motifs is 1. The summed E-state index contributed by atoms with van der Waals surface area (Å²) in [4.78, 5) is 12.8. The van der Waals surface area contributed by atoms with E-state index in [0.717, 1.165) is 18.2 Å². The Balaban J connectivity index is 1.47. The molecule has 1 atom stereocenters. The lowest BCUT2D eigenvalue weighted by Gasteiger charge is -2.12. The van der Waals surface area contributed by atoms with E-state index in [1.165, 1.54) is 24.3 Å². The molecule has 8 heteroatoms. The van der Waals surface area contributed by atoms with Crippen molar-refractivity contribution < 1.29 is 22.4 Å². The Morgan fingerprint density at radius 2 is 1.93 bits per heavy atom. The third-order valence-electron chi connectivity index (χ3n) is 4.93. The van der Waals surface area contributed by atoms with Crippen molar-refractivity contribution in [3.63, 3.8) is 0 Å². The van der Waals surface area contributed by atoms with E-state index < -0.39 is 10.0 Å². The molecule has 2 N–H and O–H groups in total. The summed E-state index contributed by atoms with van der Waals surface area (Å²) in [6.45, 7) is 4.27. The average Bonchev–Trinajstić information content (AvgIpc) is 3.41. The second-order valence-corrected chi connectivity index (χ2v) is 9.09. The third-order valence-corrected chi connectivity index (χ3v) is 6.46. The largest absolute Gasteiger partial charge is 0.490 e. The van der Waals surface area contributed by atoms with Crippen molar-refractivity contribution >= 4 is 26.9 Å². The minimum Gasteiger partial charge on any atom is -0.490 e. The number of para-hydroxylation sites is 1. The fourth-order valence-electron chi connectivity index (χ4n) is 3.16. The summed E-state index contributed by atoms with van der Waals surface area (Å²) in [5.41, 5.74) is 1.02. The Bertz CT molecular complexity index is 1160. The smallest absolute Gasteiger partial charge is 0.251 e. The summed E-state index contributed by atoms with van der Waals surface area (Å²) in [6.07, 6.45) is 1.73. The summed E-state index contributed by atoms with van der Waals surface area (Å²) in [6, 6.07) is 13.1. The van der Waals surface area contributed by atoms with Crippen LogP contribution in [-0.2, 0) is 10.0 Å². The van der Waals surface area contributed by atoms with Crippen molar-refractivity contribution in [2.45, 2.75) is 43.7 Å². The molecule has 7 nitrogen and oxygen atoms in total. The zero-order valence-electron chi connectivity index (χ0n) is 16.8. The molecule has 4 rings (SSSR count). The van der Waals surface area contributed by atoms with Crippen LogP contribution in [0.5, 0.6) is 5.75 Å². The molecule has 1 aromatic heterocycles. The van der Waals surface area contributed by atoms with Gasteiger partial charge in [0.05, 0.1) is 17.5 Å². The van der Waals surface area contributed by atoms with E-state index in [4.69, 9.17) is 9.15 Å². The topological polar surface area (TPSA) is 97.6 Å². The lowest BCUT2D eigenvalue weighted by molar-refractivity contribution is 0.0935. The van der Waals surface area contributed by atoms with Gasteiger partial charge in [-0.25, -0.2) is 13.1 Å². The van der Waals surface area contributed by atoms with E-state index in [1.807, 2.05) is 38.1 Å². The number of ether oxygens (including phenoxy) is 1. The molecule has 0 aliphatic heterocycles. The van der Waals surface area contributed by atoms with Gasteiger partial charge in [0, 0.05) is 17.0 Å². The van der Waals surface area contributed by atoms with Crippen LogP contribution in [0.15, 0.2) is 57.8 Å². The molecule has 1 aliphatic carbocycles. The maximum atomic E-state index is 12.6. The van der Waals surface area contributed by atoms with Crippen molar-refractivity contribution in [3.8, 4) is 5.75 Å². The van der Waals surface area contributed by atoms with Gasteiger partial charge in [-0.05, 0) is 63.1 Å². The van der Waals surface area contributed by atoms with Crippen LogP contribution in [0.3, 0.4) is 0 Å². The van der Waals surface area contributed by atoms with Crippen LogP contribution < -0.4 is 14.8 Å². The van der Waals surface area contributed by atoms with Crippen LogP contribution in [0.25, 0.3) is 11.0 Å². The summed E-state index contributed by atoms with van der Waals surface area (Å²) in [5.74, 6) is 0.960. The van der Waals surface area contributed by atoms with Gasteiger partial charge in [0.25, 0.3) is 5.91 Å². The zero-order valence-corrected chi connectivity index (χ0v) is 17.7. The van der Waals surface area contributed by atoms with Gasteiger partial charge in [0.1, 0.15) is 5.76 Å². The number of hydrogen-bond donors (Lipinski definition) is 2. The van der Waals surface area contributed by atoms with E-state index in [1.54, 1.807) is 0 Å². The van der Waals surface area contributed by atoms with Gasteiger partial charge in [-0.2, -0.15) is 0 Å². The lowest BCUT2D eigenvalue weighted by Crippen LogP contribution is -2.27. The normalized spacial score (nSPS) is 15.1. The lowest BCUT2D eigenvalue weighted by atomic mass is 10.1. The minimum absolute atomic E-state index is 0.0332. The third kappa shape index (κ3) is 4.34. The number of carbonyl (C=O) groups excluding carboxylic acids is 1. The second kappa shape index (κ2) is 8.12. The highest BCUT2D eigenvalue weighted by Crippen LogP contribution is 2.31. The number of hydrogen-bond acceptors (Lipinski definition) is 5. The summed E-state index contributed by atoms with van der Waals surface area (Å²) < 4.78 is 38.7. The SMILES string of the molecule is CCOc1cccc2cc(C(C)NC(=O)c3ccc(S(=O)(=O)NC4CC4)cc3)oc12. The zero-order chi connectivity index (χ0) is 21.3. The van der Waals surface area contributed by atoms with Gasteiger partial charge in [0.2, 0.25) is 10.0 Å². The van der Waals surface area contributed by atoms with Gasteiger partial charge >= 0.3 is 0 Å². The minimum atomic E-state index is -3.54. The number of sulfonamides is 1. The molecule has 2 aromatic carbocycles. The molecular formula is C22H24N2O5S. The maximum Gasteiger partial charge on any atom is 0.251 e. The molecule has 1 amide bonds. The van der Waals surface area contributed by atoms with E-state index in [9.17, 15) is 13.2 Å². The van der Waals surface area contributed by atoms with Crippen LogP contribution >= 0.6 is 0 Å². The van der Waals surface area contributed by atoms with Gasteiger partial charge in [-0.3, -0.25) is 4.79 Å².